The van der Waals surface area contributed by atoms with E-state index in [1.165, 1.54) is 5.56 Å². The number of rotatable bonds is 2. The first kappa shape index (κ1) is 15.6. The van der Waals surface area contributed by atoms with Gasteiger partial charge in [-0.15, -0.1) is 0 Å². The van der Waals surface area contributed by atoms with Gasteiger partial charge in [-0.05, 0) is 43.7 Å². The Kier molecular flexibility index (Phi) is 4.27. The van der Waals surface area contributed by atoms with Crippen molar-refractivity contribution in [2.75, 3.05) is 25.0 Å². The molecule has 4 rings (SSSR count). The number of piperidine rings is 1. The van der Waals surface area contributed by atoms with E-state index in [4.69, 9.17) is 0 Å². The summed E-state index contributed by atoms with van der Waals surface area (Å²) in [6.07, 6.45) is 5.50. The number of anilines is 1. The second-order valence-corrected chi connectivity index (χ2v) is 7.16. The Hall–Kier alpha value is -1.88. The fraction of sp³-hybridized carbons (Fsp3) is 0.579. The first-order chi connectivity index (χ1) is 11.7. The molecular weight excluding hydrogens is 302 g/mol. The summed E-state index contributed by atoms with van der Waals surface area (Å²) < 4.78 is 0. The predicted octanol–water partition coefficient (Wildman–Crippen LogP) is 2.03. The largest absolute Gasteiger partial charge is 0.340 e. The van der Waals surface area contributed by atoms with Crippen LogP contribution in [0, 0.1) is 0 Å². The fourth-order valence-electron chi connectivity index (χ4n) is 4.41. The Labute approximate surface area is 143 Å². The number of fused-ring (bicyclic) bond motifs is 1. The minimum atomic E-state index is -0.0485. The summed E-state index contributed by atoms with van der Waals surface area (Å²) in [6.45, 7) is 2.73. The van der Waals surface area contributed by atoms with Crippen LogP contribution in [0.5, 0.6) is 0 Å². The highest BCUT2D eigenvalue weighted by Gasteiger charge is 2.35. The van der Waals surface area contributed by atoms with E-state index in [0.717, 1.165) is 57.4 Å². The van der Waals surface area contributed by atoms with E-state index in [9.17, 15) is 9.59 Å². The molecule has 1 aromatic rings. The number of carbonyl (C=O) groups excluding carboxylic acids is 2. The number of nitrogens with zero attached hydrogens (tertiary/aromatic N) is 2. The molecule has 3 aliphatic heterocycles. The van der Waals surface area contributed by atoms with Gasteiger partial charge in [0, 0.05) is 37.8 Å². The van der Waals surface area contributed by atoms with Gasteiger partial charge in [0.05, 0.1) is 6.04 Å². The average molecular weight is 327 g/mol. The van der Waals surface area contributed by atoms with Crippen LogP contribution >= 0.6 is 0 Å². The molecule has 0 unspecified atom stereocenters. The molecule has 0 spiro atoms. The number of aryl methyl sites for hydroxylation is 1. The summed E-state index contributed by atoms with van der Waals surface area (Å²) in [5, 5.41) is 3.10. The minimum Gasteiger partial charge on any atom is -0.340 e. The highest BCUT2D eigenvalue weighted by molar-refractivity contribution is 5.96. The van der Waals surface area contributed by atoms with Crippen molar-refractivity contribution in [1.29, 1.82) is 0 Å². The first-order valence-corrected chi connectivity index (χ1v) is 9.14. The van der Waals surface area contributed by atoms with Gasteiger partial charge in [0.25, 0.3) is 0 Å². The molecule has 5 nitrogen and oxygen atoms in total. The molecule has 3 heterocycles. The van der Waals surface area contributed by atoms with E-state index in [1.807, 2.05) is 18.2 Å². The second kappa shape index (κ2) is 6.55. The molecule has 24 heavy (non-hydrogen) atoms. The maximum absolute atomic E-state index is 12.6. The van der Waals surface area contributed by atoms with Crippen molar-refractivity contribution in [3.05, 3.63) is 29.8 Å². The normalized spacial score (nSPS) is 26.2. The molecule has 1 aromatic carbocycles. The van der Waals surface area contributed by atoms with E-state index >= 15 is 0 Å². The quantitative estimate of drug-likeness (QED) is 0.904. The van der Waals surface area contributed by atoms with Crippen LogP contribution in [-0.4, -0.2) is 53.3 Å². The molecule has 2 fully saturated rings. The Bertz CT molecular complexity index is 637. The van der Waals surface area contributed by atoms with Crippen molar-refractivity contribution in [2.45, 2.75) is 50.6 Å². The van der Waals surface area contributed by atoms with Gasteiger partial charge in [-0.1, -0.05) is 18.2 Å². The average Bonchev–Trinajstić information content (AvgIpc) is 2.95. The number of carbonyl (C=O) groups is 2. The molecule has 0 aromatic heterocycles. The van der Waals surface area contributed by atoms with E-state index in [1.54, 1.807) is 0 Å². The summed E-state index contributed by atoms with van der Waals surface area (Å²) >= 11 is 0. The van der Waals surface area contributed by atoms with Gasteiger partial charge in [-0.2, -0.15) is 0 Å². The third kappa shape index (κ3) is 2.93. The maximum atomic E-state index is 12.6. The summed E-state index contributed by atoms with van der Waals surface area (Å²) in [5.74, 6) is 0.437. The molecule has 0 aliphatic carbocycles. The molecule has 5 heteroatoms. The predicted molar refractivity (Wildman–Crippen MR) is 92.7 cm³/mol. The molecule has 3 aliphatic rings. The fourth-order valence-corrected chi connectivity index (χ4v) is 4.41. The van der Waals surface area contributed by atoms with Crippen molar-refractivity contribution in [3.8, 4) is 0 Å². The van der Waals surface area contributed by atoms with Crippen LogP contribution < -0.4 is 5.32 Å². The summed E-state index contributed by atoms with van der Waals surface area (Å²) in [5.41, 5.74) is 2.19. The lowest BCUT2D eigenvalue weighted by molar-refractivity contribution is -0.131. The number of likely N-dealkylation sites (tertiary alicyclic amines) is 2. The maximum Gasteiger partial charge on any atom is 0.241 e. The number of nitrogens with one attached hydrogen (secondary N) is 1. The molecule has 1 atom stereocenters. The Morgan fingerprint density at radius 1 is 0.958 bits per heavy atom. The van der Waals surface area contributed by atoms with Crippen LogP contribution in [0.15, 0.2) is 24.3 Å². The van der Waals surface area contributed by atoms with E-state index in [-0.39, 0.29) is 11.9 Å². The zero-order valence-corrected chi connectivity index (χ0v) is 14.0. The molecule has 0 saturated carbocycles. The number of hydrogen-bond acceptors (Lipinski definition) is 3. The molecule has 128 valence electrons. The Balaban J connectivity index is 1.39. The molecule has 2 saturated heterocycles. The van der Waals surface area contributed by atoms with Gasteiger partial charge in [0.2, 0.25) is 11.8 Å². The molecule has 2 amide bonds. The first-order valence-electron chi connectivity index (χ1n) is 9.14. The SMILES string of the molecule is O=C1Nc2ccccc2CC[C@H]1N1CCC(N2CCCC2=O)CC1. The van der Waals surface area contributed by atoms with Gasteiger partial charge < -0.3 is 10.2 Å². The number of benzene rings is 1. The zero-order valence-electron chi connectivity index (χ0n) is 14.0. The Morgan fingerprint density at radius 2 is 1.75 bits per heavy atom. The van der Waals surface area contributed by atoms with Crippen molar-refractivity contribution in [3.63, 3.8) is 0 Å². The van der Waals surface area contributed by atoms with Crippen LogP contribution in [0.2, 0.25) is 0 Å². The van der Waals surface area contributed by atoms with Gasteiger partial charge in [0.1, 0.15) is 0 Å². The van der Waals surface area contributed by atoms with E-state index in [0.29, 0.717) is 18.4 Å². The third-order valence-electron chi connectivity index (χ3n) is 5.76. The van der Waals surface area contributed by atoms with Crippen LogP contribution in [0.1, 0.15) is 37.7 Å². The van der Waals surface area contributed by atoms with Crippen LogP contribution in [-0.2, 0) is 16.0 Å². The van der Waals surface area contributed by atoms with Gasteiger partial charge in [0.15, 0.2) is 0 Å². The van der Waals surface area contributed by atoms with Gasteiger partial charge in [-0.25, -0.2) is 0 Å². The number of para-hydroxylation sites is 1. The smallest absolute Gasteiger partial charge is 0.241 e. The van der Waals surface area contributed by atoms with Crippen LogP contribution in [0.25, 0.3) is 0 Å². The van der Waals surface area contributed by atoms with Crippen molar-refractivity contribution < 1.29 is 9.59 Å². The lowest BCUT2D eigenvalue weighted by Crippen LogP contribution is -2.51. The van der Waals surface area contributed by atoms with E-state index < -0.39 is 0 Å². The summed E-state index contributed by atoms with van der Waals surface area (Å²) in [7, 11) is 0. The van der Waals surface area contributed by atoms with Gasteiger partial charge >= 0.3 is 0 Å². The molecule has 0 radical (unpaired) electrons. The highest BCUT2D eigenvalue weighted by atomic mass is 16.2. The monoisotopic (exact) mass is 327 g/mol. The molecule has 1 N–H and O–H groups in total. The standard InChI is InChI=1S/C19H25N3O2/c23-18-6-3-11-22(18)15-9-12-21(13-10-15)17-8-7-14-4-1-2-5-16(14)20-19(17)24/h1-2,4-5,15,17H,3,6-13H2,(H,20,24)/t17-/m1/s1. The Morgan fingerprint density at radius 3 is 2.50 bits per heavy atom. The van der Waals surface area contributed by atoms with E-state index in [2.05, 4.69) is 21.2 Å². The number of hydrogen-bond donors (Lipinski definition) is 1. The van der Waals surface area contributed by atoms with Crippen molar-refractivity contribution in [1.82, 2.24) is 9.80 Å². The van der Waals surface area contributed by atoms with Crippen molar-refractivity contribution in [2.24, 2.45) is 0 Å². The zero-order chi connectivity index (χ0) is 16.5. The third-order valence-corrected chi connectivity index (χ3v) is 5.76. The number of amides is 2. The van der Waals surface area contributed by atoms with Crippen molar-refractivity contribution >= 4 is 17.5 Å². The molecule has 0 bridgehead atoms. The topological polar surface area (TPSA) is 52.7 Å². The minimum absolute atomic E-state index is 0.0485. The highest BCUT2D eigenvalue weighted by Crippen LogP contribution is 2.27. The lowest BCUT2D eigenvalue weighted by Gasteiger charge is -2.39. The second-order valence-electron chi connectivity index (χ2n) is 7.16. The van der Waals surface area contributed by atoms with Crippen LogP contribution in [0.3, 0.4) is 0 Å². The summed E-state index contributed by atoms with van der Waals surface area (Å²) in [6, 6.07) is 8.42. The lowest BCUT2D eigenvalue weighted by atomic mass is 9.99. The van der Waals surface area contributed by atoms with Crippen LogP contribution in [0.4, 0.5) is 5.69 Å². The van der Waals surface area contributed by atoms with Gasteiger partial charge in [-0.3, -0.25) is 14.5 Å². The molecular formula is C19H25N3O2. The summed E-state index contributed by atoms with van der Waals surface area (Å²) in [4.78, 5) is 29.0.